The highest BCUT2D eigenvalue weighted by Gasteiger charge is 2.37. The molecule has 2 aliphatic heterocycles. The SMILES string of the molecule is O=C1Nc2ccccc2CCC1N1C[C@@H](O)[C@@H](O)C1. The maximum absolute atomic E-state index is 12.3. The van der Waals surface area contributed by atoms with Gasteiger partial charge in [0.05, 0.1) is 18.2 Å². The zero-order valence-electron chi connectivity index (χ0n) is 10.6. The fourth-order valence-corrected chi connectivity index (χ4v) is 2.90. The van der Waals surface area contributed by atoms with Crippen molar-refractivity contribution in [1.29, 1.82) is 0 Å². The molecule has 1 amide bonds. The molecule has 2 heterocycles. The molecule has 5 heteroatoms. The second kappa shape index (κ2) is 4.92. The van der Waals surface area contributed by atoms with Crippen molar-refractivity contribution in [3.05, 3.63) is 29.8 Å². The van der Waals surface area contributed by atoms with Gasteiger partial charge in [0.1, 0.15) is 0 Å². The first-order valence-electron chi connectivity index (χ1n) is 6.64. The summed E-state index contributed by atoms with van der Waals surface area (Å²) in [5, 5.41) is 22.1. The van der Waals surface area contributed by atoms with E-state index in [2.05, 4.69) is 5.32 Å². The molecule has 3 rings (SSSR count). The van der Waals surface area contributed by atoms with Crippen LogP contribution < -0.4 is 5.32 Å². The Kier molecular flexibility index (Phi) is 3.26. The monoisotopic (exact) mass is 262 g/mol. The summed E-state index contributed by atoms with van der Waals surface area (Å²) in [5.74, 6) is -0.0498. The van der Waals surface area contributed by atoms with E-state index >= 15 is 0 Å². The van der Waals surface area contributed by atoms with E-state index < -0.39 is 12.2 Å². The highest BCUT2D eigenvalue weighted by Crippen LogP contribution is 2.25. The number of likely N-dealkylation sites (tertiary alicyclic amines) is 1. The number of hydrogen-bond donors (Lipinski definition) is 3. The van der Waals surface area contributed by atoms with E-state index in [1.54, 1.807) is 0 Å². The molecule has 1 fully saturated rings. The van der Waals surface area contributed by atoms with E-state index in [-0.39, 0.29) is 11.9 Å². The lowest BCUT2D eigenvalue weighted by Crippen LogP contribution is -2.43. The van der Waals surface area contributed by atoms with Crippen molar-refractivity contribution in [2.24, 2.45) is 0 Å². The number of hydrogen-bond acceptors (Lipinski definition) is 4. The summed E-state index contributed by atoms with van der Waals surface area (Å²) in [6.07, 6.45) is 0.0294. The molecular weight excluding hydrogens is 244 g/mol. The molecule has 1 unspecified atom stereocenters. The molecule has 19 heavy (non-hydrogen) atoms. The number of rotatable bonds is 1. The third-order valence-corrected chi connectivity index (χ3v) is 3.99. The van der Waals surface area contributed by atoms with Gasteiger partial charge in [-0.05, 0) is 24.5 Å². The van der Waals surface area contributed by atoms with Gasteiger partial charge in [0.2, 0.25) is 5.91 Å². The second-order valence-corrected chi connectivity index (χ2v) is 5.29. The normalized spacial score (nSPS) is 31.7. The summed E-state index contributed by atoms with van der Waals surface area (Å²) in [6, 6.07) is 7.52. The molecule has 2 aliphatic rings. The van der Waals surface area contributed by atoms with Crippen molar-refractivity contribution in [3.8, 4) is 0 Å². The molecule has 0 radical (unpaired) electrons. The number of para-hydroxylation sites is 1. The van der Waals surface area contributed by atoms with Crippen LogP contribution in [0.2, 0.25) is 0 Å². The fraction of sp³-hybridized carbons (Fsp3) is 0.500. The van der Waals surface area contributed by atoms with Crippen LogP contribution in [-0.2, 0) is 11.2 Å². The van der Waals surface area contributed by atoms with Crippen LogP contribution in [0.3, 0.4) is 0 Å². The minimum Gasteiger partial charge on any atom is -0.389 e. The Morgan fingerprint density at radius 2 is 1.84 bits per heavy atom. The Balaban J connectivity index is 1.78. The molecule has 1 aromatic rings. The molecule has 0 bridgehead atoms. The quantitative estimate of drug-likeness (QED) is 0.665. The number of anilines is 1. The van der Waals surface area contributed by atoms with Crippen molar-refractivity contribution in [2.75, 3.05) is 18.4 Å². The van der Waals surface area contributed by atoms with Crippen LogP contribution in [0.4, 0.5) is 5.69 Å². The van der Waals surface area contributed by atoms with Crippen LogP contribution in [0.15, 0.2) is 24.3 Å². The highest BCUT2D eigenvalue weighted by atomic mass is 16.3. The first-order chi connectivity index (χ1) is 9.15. The summed E-state index contributed by atoms with van der Waals surface area (Å²) in [6.45, 7) is 0.713. The topological polar surface area (TPSA) is 72.8 Å². The number of nitrogens with zero attached hydrogens (tertiary/aromatic N) is 1. The van der Waals surface area contributed by atoms with Crippen LogP contribution in [0.1, 0.15) is 12.0 Å². The third-order valence-electron chi connectivity index (χ3n) is 3.99. The molecule has 0 aromatic heterocycles. The van der Waals surface area contributed by atoms with E-state index in [1.165, 1.54) is 0 Å². The van der Waals surface area contributed by atoms with Gasteiger partial charge in [0.15, 0.2) is 0 Å². The Morgan fingerprint density at radius 3 is 2.58 bits per heavy atom. The van der Waals surface area contributed by atoms with Crippen molar-refractivity contribution < 1.29 is 15.0 Å². The van der Waals surface area contributed by atoms with E-state index in [9.17, 15) is 15.0 Å². The van der Waals surface area contributed by atoms with E-state index in [1.807, 2.05) is 29.2 Å². The Hall–Kier alpha value is -1.43. The fourth-order valence-electron chi connectivity index (χ4n) is 2.90. The van der Waals surface area contributed by atoms with Gasteiger partial charge in [-0.2, -0.15) is 0 Å². The number of aliphatic hydroxyl groups is 2. The lowest BCUT2D eigenvalue weighted by atomic mass is 10.1. The second-order valence-electron chi connectivity index (χ2n) is 5.29. The number of fused-ring (bicyclic) bond motifs is 1. The lowest BCUT2D eigenvalue weighted by Gasteiger charge is -2.24. The Labute approximate surface area is 111 Å². The van der Waals surface area contributed by atoms with E-state index in [0.717, 1.165) is 17.7 Å². The summed E-state index contributed by atoms with van der Waals surface area (Å²) in [7, 11) is 0. The average molecular weight is 262 g/mol. The molecular formula is C14H18N2O3. The van der Waals surface area contributed by atoms with Crippen LogP contribution in [0, 0.1) is 0 Å². The lowest BCUT2D eigenvalue weighted by molar-refractivity contribution is -0.121. The number of benzene rings is 1. The van der Waals surface area contributed by atoms with Gasteiger partial charge in [-0.25, -0.2) is 0 Å². The molecule has 0 aliphatic carbocycles. The predicted molar refractivity (Wildman–Crippen MR) is 70.8 cm³/mol. The number of carbonyl (C=O) groups excluding carboxylic acids is 1. The minimum absolute atomic E-state index is 0.0498. The molecule has 102 valence electrons. The van der Waals surface area contributed by atoms with Crippen molar-refractivity contribution in [1.82, 2.24) is 4.90 Å². The molecule has 3 atom stereocenters. The number of β-amino-alcohol motifs (C(OH)–C–C–N with tert-alkyl or cyclic N) is 2. The summed E-state index contributed by atoms with van der Waals surface area (Å²) < 4.78 is 0. The highest BCUT2D eigenvalue weighted by molar-refractivity contribution is 5.96. The van der Waals surface area contributed by atoms with Gasteiger partial charge in [0, 0.05) is 18.8 Å². The third kappa shape index (κ3) is 2.36. The zero-order valence-corrected chi connectivity index (χ0v) is 10.6. The van der Waals surface area contributed by atoms with Gasteiger partial charge in [-0.3, -0.25) is 9.69 Å². The molecule has 5 nitrogen and oxygen atoms in total. The van der Waals surface area contributed by atoms with Crippen molar-refractivity contribution in [3.63, 3.8) is 0 Å². The van der Waals surface area contributed by atoms with Gasteiger partial charge >= 0.3 is 0 Å². The van der Waals surface area contributed by atoms with Crippen LogP contribution in [0.25, 0.3) is 0 Å². The van der Waals surface area contributed by atoms with Gasteiger partial charge < -0.3 is 15.5 Å². The summed E-state index contributed by atoms with van der Waals surface area (Å²) in [4.78, 5) is 14.1. The predicted octanol–water partition coefficient (Wildman–Crippen LogP) is -0.0227. The Bertz CT molecular complexity index is 481. The summed E-state index contributed by atoms with van der Waals surface area (Å²) in [5.41, 5.74) is 2.01. The van der Waals surface area contributed by atoms with Crippen molar-refractivity contribution >= 4 is 11.6 Å². The molecule has 0 saturated carbocycles. The van der Waals surface area contributed by atoms with E-state index in [4.69, 9.17) is 0 Å². The smallest absolute Gasteiger partial charge is 0.241 e. The number of amides is 1. The van der Waals surface area contributed by atoms with Crippen LogP contribution in [-0.4, -0.2) is 52.4 Å². The first-order valence-corrected chi connectivity index (χ1v) is 6.64. The standard InChI is InChI=1S/C14H18N2O3/c17-12-7-16(8-13(12)18)11-6-5-9-3-1-2-4-10(9)15-14(11)19/h1-4,11-13,17-18H,5-8H2,(H,15,19)/t11?,12-,13+. The van der Waals surface area contributed by atoms with Crippen molar-refractivity contribution in [2.45, 2.75) is 31.1 Å². The minimum atomic E-state index is -0.751. The molecule has 0 spiro atoms. The largest absolute Gasteiger partial charge is 0.389 e. The molecule has 1 aromatic carbocycles. The van der Waals surface area contributed by atoms with Crippen LogP contribution >= 0.6 is 0 Å². The number of aryl methyl sites for hydroxylation is 1. The van der Waals surface area contributed by atoms with Crippen LogP contribution in [0.5, 0.6) is 0 Å². The average Bonchev–Trinajstić information content (AvgIpc) is 2.62. The van der Waals surface area contributed by atoms with Gasteiger partial charge in [-0.1, -0.05) is 18.2 Å². The number of carbonyl (C=O) groups is 1. The maximum Gasteiger partial charge on any atom is 0.241 e. The molecule has 3 N–H and O–H groups in total. The summed E-state index contributed by atoms with van der Waals surface area (Å²) >= 11 is 0. The number of aliphatic hydroxyl groups excluding tert-OH is 2. The number of nitrogens with one attached hydrogen (secondary N) is 1. The van der Waals surface area contributed by atoms with Gasteiger partial charge in [-0.15, -0.1) is 0 Å². The Morgan fingerprint density at radius 1 is 1.16 bits per heavy atom. The zero-order chi connectivity index (χ0) is 13.4. The van der Waals surface area contributed by atoms with Gasteiger partial charge in [0.25, 0.3) is 0 Å². The molecule has 1 saturated heterocycles. The van der Waals surface area contributed by atoms with E-state index in [0.29, 0.717) is 19.5 Å². The first kappa shape index (κ1) is 12.6. The maximum atomic E-state index is 12.3.